The van der Waals surface area contributed by atoms with E-state index in [1.54, 1.807) is 0 Å². The Kier molecular flexibility index (Phi) is 3.46. The van der Waals surface area contributed by atoms with Crippen LogP contribution in [-0.2, 0) is 10.0 Å². The molecule has 1 unspecified atom stereocenters. The highest BCUT2D eigenvalue weighted by molar-refractivity contribution is 7.89. The summed E-state index contributed by atoms with van der Waals surface area (Å²) in [4.78, 5) is 12.9. The monoisotopic (exact) mass is 282 g/mol. The standard InChI is InChI=1S/C10H10N4O4S/c11-5-9(7-1-2-7)13-19(17,18)8-3-4-10(12-6-8)14(15)16/h3-4,6-7,9,13H,1-2H2. The van der Waals surface area contributed by atoms with E-state index in [-0.39, 0.29) is 10.8 Å². The van der Waals surface area contributed by atoms with Crippen LogP contribution in [0.5, 0.6) is 0 Å². The van der Waals surface area contributed by atoms with Crippen LogP contribution in [0.25, 0.3) is 0 Å². The lowest BCUT2D eigenvalue weighted by Crippen LogP contribution is -2.35. The quantitative estimate of drug-likeness (QED) is 0.621. The van der Waals surface area contributed by atoms with Crippen LogP contribution in [0.4, 0.5) is 5.82 Å². The first-order chi connectivity index (χ1) is 8.94. The summed E-state index contributed by atoms with van der Waals surface area (Å²) >= 11 is 0. The molecule has 1 aromatic heterocycles. The van der Waals surface area contributed by atoms with Gasteiger partial charge >= 0.3 is 5.82 Å². The molecule has 1 N–H and O–H groups in total. The average molecular weight is 282 g/mol. The van der Waals surface area contributed by atoms with Gasteiger partial charge in [0.15, 0.2) is 6.20 Å². The van der Waals surface area contributed by atoms with E-state index in [2.05, 4.69) is 9.71 Å². The number of sulfonamides is 1. The zero-order valence-electron chi connectivity index (χ0n) is 9.68. The Morgan fingerprint density at radius 3 is 2.63 bits per heavy atom. The molecular weight excluding hydrogens is 272 g/mol. The van der Waals surface area contributed by atoms with E-state index in [0.29, 0.717) is 0 Å². The molecule has 0 bridgehead atoms. The smallest absolute Gasteiger partial charge is 0.358 e. The molecule has 100 valence electrons. The van der Waals surface area contributed by atoms with Gasteiger partial charge in [-0.05, 0) is 34.7 Å². The number of aromatic nitrogens is 1. The fourth-order valence-corrected chi connectivity index (χ4v) is 2.69. The predicted molar refractivity (Wildman–Crippen MR) is 63.3 cm³/mol. The van der Waals surface area contributed by atoms with Crippen molar-refractivity contribution in [2.45, 2.75) is 23.8 Å². The van der Waals surface area contributed by atoms with Crippen LogP contribution < -0.4 is 4.72 Å². The van der Waals surface area contributed by atoms with Crippen LogP contribution >= 0.6 is 0 Å². The van der Waals surface area contributed by atoms with Crippen molar-refractivity contribution in [2.24, 2.45) is 5.92 Å². The zero-order valence-corrected chi connectivity index (χ0v) is 10.5. The number of nitro groups is 1. The molecule has 0 saturated heterocycles. The molecule has 1 saturated carbocycles. The summed E-state index contributed by atoms with van der Waals surface area (Å²) in [7, 11) is -3.88. The van der Waals surface area contributed by atoms with Crippen LogP contribution in [0.2, 0.25) is 0 Å². The van der Waals surface area contributed by atoms with Crippen LogP contribution in [0.15, 0.2) is 23.2 Å². The summed E-state index contributed by atoms with van der Waals surface area (Å²) < 4.78 is 26.2. The molecule has 1 aromatic rings. The first-order valence-electron chi connectivity index (χ1n) is 5.46. The SMILES string of the molecule is N#CC(NS(=O)(=O)c1ccc([N+](=O)[O-])nc1)C1CC1. The van der Waals surface area contributed by atoms with Crippen molar-refractivity contribution < 1.29 is 13.3 Å². The maximum atomic E-state index is 11.9. The molecule has 19 heavy (non-hydrogen) atoms. The lowest BCUT2D eigenvalue weighted by molar-refractivity contribution is -0.389. The van der Waals surface area contributed by atoms with Gasteiger partial charge in [-0.25, -0.2) is 8.42 Å². The van der Waals surface area contributed by atoms with Crippen molar-refractivity contribution >= 4 is 15.8 Å². The normalized spacial score (nSPS) is 16.6. The Morgan fingerprint density at radius 2 is 2.21 bits per heavy atom. The van der Waals surface area contributed by atoms with Crippen molar-refractivity contribution in [3.05, 3.63) is 28.4 Å². The Labute approximate surface area is 109 Å². The van der Waals surface area contributed by atoms with Gasteiger partial charge in [-0.1, -0.05) is 0 Å². The number of nitrogens with one attached hydrogen (secondary N) is 1. The lowest BCUT2D eigenvalue weighted by Gasteiger charge is -2.09. The van der Waals surface area contributed by atoms with Gasteiger partial charge < -0.3 is 10.1 Å². The second-order valence-electron chi connectivity index (χ2n) is 4.17. The Balaban J connectivity index is 2.19. The molecule has 0 aromatic carbocycles. The van der Waals surface area contributed by atoms with Crippen molar-refractivity contribution in [3.63, 3.8) is 0 Å². The summed E-state index contributed by atoms with van der Waals surface area (Å²) in [5.41, 5.74) is 0. The molecule has 1 fully saturated rings. The maximum Gasteiger partial charge on any atom is 0.363 e. The van der Waals surface area contributed by atoms with E-state index in [4.69, 9.17) is 5.26 Å². The van der Waals surface area contributed by atoms with Crippen molar-refractivity contribution in [1.29, 1.82) is 5.26 Å². The fraction of sp³-hybridized carbons (Fsp3) is 0.400. The highest BCUT2D eigenvalue weighted by atomic mass is 32.2. The third-order valence-electron chi connectivity index (χ3n) is 2.73. The summed E-state index contributed by atoms with van der Waals surface area (Å²) in [5, 5.41) is 19.3. The molecule has 1 aliphatic carbocycles. The van der Waals surface area contributed by atoms with Gasteiger partial charge in [-0.3, -0.25) is 0 Å². The molecule has 1 aliphatic rings. The summed E-state index contributed by atoms with van der Waals surface area (Å²) in [6.45, 7) is 0. The van der Waals surface area contributed by atoms with E-state index in [0.717, 1.165) is 31.2 Å². The molecule has 0 aliphatic heterocycles. The zero-order chi connectivity index (χ0) is 14.0. The maximum absolute atomic E-state index is 11.9. The van der Waals surface area contributed by atoms with Gasteiger partial charge in [0.25, 0.3) is 0 Å². The van der Waals surface area contributed by atoms with E-state index >= 15 is 0 Å². The molecule has 9 heteroatoms. The fourth-order valence-electron chi connectivity index (χ4n) is 1.53. The van der Waals surface area contributed by atoms with Gasteiger partial charge in [-0.2, -0.15) is 9.98 Å². The average Bonchev–Trinajstić information content (AvgIpc) is 3.20. The van der Waals surface area contributed by atoms with Gasteiger partial charge in [0, 0.05) is 6.07 Å². The molecule has 1 heterocycles. The molecule has 0 radical (unpaired) electrons. The third-order valence-corrected chi connectivity index (χ3v) is 4.16. The van der Waals surface area contributed by atoms with Crippen LogP contribution in [0.3, 0.4) is 0 Å². The second-order valence-corrected chi connectivity index (χ2v) is 5.89. The minimum absolute atomic E-state index is 0.0470. The van der Waals surface area contributed by atoms with Gasteiger partial charge in [0.1, 0.15) is 10.9 Å². The summed E-state index contributed by atoms with van der Waals surface area (Å²) in [5.74, 6) is -0.385. The largest absolute Gasteiger partial charge is 0.363 e. The Bertz CT molecular complexity index is 630. The Morgan fingerprint density at radius 1 is 1.53 bits per heavy atom. The van der Waals surface area contributed by atoms with Crippen LogP contribution in [-0.4, -0.2) is 24.4 Å². The highest BCUT2D eigenvalue weighted by Crippen LogP contribution is 2.33. The van der Waals surface area contributed by atoms with E-state index in [9.17, 15) is 18.5 Å². The molecule has 0 spiro atoms. The number of hydrogen-bond acceptors (Lipinski definition) is 6. The van der Waals surface area contributed by atoms with Crippen LogP contribution in [0.1, 0.15) is 12.8 Å². The first kappa shape index (κ1) is 13.4. The number of nitrogens with zero attached hydrogens (tertiary/aromatic N) is 3. The topological polar surface area (TPSA) is 126 Å². The first-order valence-corrected chi connectivity index (χ1v) is 6.95. The lowest BCUT2D eigenvalue weighted by atomic mass is 10.2. The highest BCUT2D eigenvalue weighted by Gasteiger charge is 2.34. The third kappa shape index (κ3) is 3.04. The number of pyridine rings is 1. The van der Waals surface area contributed by atoms with Gasteiger partial charge in [0.2, 0.25) is 10.0 Å². The van der Waals surface area contributed by atoms with E-state index in [1.807, 2.05) is 6.07 Å². The Hall–Kier alpha value is -2.05. The predicted octanol–water partition coefficient (Wildman–Crippen LogP) is 0.570. The minimum atomic E-state index is -3.88. The minimum Gasteiger partial charge on any atom is -0.358 e. The second kappa shape index (κ2) is 4.91. The van der Waals surface area contributed by atoms with Crippen molar-refractivity contribution in [3.8, 4) is 6.07 Å². The van der Waals surface area contributed by atoms with Crippen molar-refractivity contribution in [1.82, 2.24) is 9.71 Å². The molecular formula is C10H10N4O4S. The summed E-state index contributed by atoms with van der Waals surface area (Å²) in [6.07, 6.45) is 2.54. The summed E-state index contributed by atoms with van der Waals surface area (Å²) in [6, 6.07) is 3.24. The van der Waals surface area contributed by atoms with Crippen LogP contribution in [0, 0.1) is 27.4 Å². The molecule has 0 amide bonds. The van der Waals surface area contributed by atoms with Gasteiger partial charge in [-0.15, -0.1) is 0 Å². The van der Waals surface area contributed by atoms with E-state index in [1.165, 1.54) is 0 Å². The van der Waals surface area contributed by atoms with E-state index < -0.39 is 26.8 Å². The molecule has 8 nitrogen and oxygen atoms in total. The number of hydrogen-bond donors (Lipinski definition) is 1. The van der Waals surface area contributed by atoms with Gasteiger partial charge in [0.05, 0.1) is 6.07 Å². The van der Waals surface area contributed by atoms with Crippen molar-refractivity contribution in [2.75, 3.05) is 0 Å². The number of nitriles is 1. The molecule has 2 rings (SSSR count). The molecule has 1 atom stereocenters. The number of rotatable bonds is 5.